The Morgan fingerprint density at radius 3 is 2.39 bits per heavy atom. The number of amides is 1. The van der Waals surface area contributed by atoms with Crippen LogP contribution in [0.2, 0.25) is 0 Å². The van der Waals surface area contributed by atoms with E-state index in [0.717, 1.165) is 10.2 Å². The SMILES string of the molecule is Nn1c(/N=C/C(=C\c2ccccc2)NC(=O)c2ccccc2)nc2c(Br)cc(Br)cc2c1=O. The maximum Gasteiger partial charge on any atom is 0.281 e. The lowest BCUT2D eigenvalue weighted by Gasteiger charge is -2.08. The molecule has 0 aliphatic carbocycles. The lowest BCUT2D eigenvalue weighted by atomic mass is 10.2. The molecule has 0 radical (unpaired) electrons. The minimum atomic E-state index is -0.448. The van der Waals surface area contributed by atoms with Crippen LogP contribution in [0.1, 0.15) is 15.9 Å². The van der Waals surface area contributed by atoms with Gasteiger partial charge in [0.2, 0.25) is 0 Å². The summed E-state index contributed by atoms with van der Waals surface area (Å²) in [5.41, 5.74) is 1.74. The molecule has 1 amide bonds. The second kappa shape index (κ2) is 9.93. The number of nitrogen functional groups attached to an aromatic ring is 1. The van der Waals surface area contributed by atoms with Crippen LogP contribution in [0.15, 0.2) is 97.2 Å². The number of benzene rings is 3. The summed E-state index contributed by atoms with van der Waals surface area (Å²) in [6.07, 6.45) is 3.18. The van der Waals surface area contributed by atoms with Crippen LogP contribution in [0.4, 0.5) is 5.95 Å². The molecule has 3 N–H and O–H groups in total. The molecule has 0 atom stereocenters. The third-order valence-electron chi connectivity index (χ3n) is 4.64. The smallest absolute Gasteiger partial charge is 0.281 e. The number of aliphatic imine (C=N–C) groups is 1. The van der Waals surface area contributed by atoms with E-state index >= 15 is 0 Å². The number of carbonyl (C=O) groups excluding carboxylic acids is 1. The standard InChI is InChI=1S/C24H17Br2N5O2/c25-17-12-19-21(20(26)13-17)30-24(31(27)23(19)33)28-14-18(11-15-7-3-1-4-8-15)29-22(32)16-9-5-2-6-10-16/h1-14H,27H2,(H,29,32)/b18-11+,28-14+. The number of halogens is 2. The average Bonchev–Trinajstić information content (AvgIpc) is 2.82. The summed E-state index contributed by atoms with van der Waals surface area (Å²) in [5.74, 6) is 5.66. The van der Waals surface area contributed by atoms with Gasteiger partial charge in [0.15, 0.2) is 0 Å². The van der Waals surface area contributed by atoms with E-state index in [9.17, 15) is 9.59 Å². The highest BCUT2D eigenvalue weighted by molar-refractivity contribution is 9.11. The van der Waals surface area contributed by atoms with E-state index in [2.05, 4.69) is 47.2 Å². The summed E-state index contributed by atoms with van der Waals surface area (Å²) >= 11 is 6.78. The van der Waals surface area contributed by atoms with Crippen molar-refractivity contribution in [3.8, 4) is 0 Å². The van der Waals surface area contributed by atoms with Crippen LogP contribution >= 0.6 is 31.9 Å². The van der Waals surface area contributed by atoms with E-state index in [0.29, 0.717) is 31.1 Å². The number of carbonyl (C=O) groups is 1. The molecule has 4 aromatic rings. The first-order chi connectivity index (χ1) is 15.9. The van der Waals surface area contributed by atoms with Gasteiger partial charge in [0.25, 0.3) is 17.4 Å². The summed E-state index contributed by atoms with van der Waals surface area (Å²) in [7, 11) is 0. The van der Waals surface area contributed by atoms with Crippen molar-refractivity contribution in [2.45, 2.75) is 0 Å². The quantitative estimate of drug-likeness (QED) is 0.267. The molecule has 33 heavy (non-hydrogen) atoms. The first-order valence-electron chi connectivity index (χ1n) is 9.76. The van der Waals surface area contributed by atoms with Gasteiger partial charge in [-0.05, 0) is 51.8 Å². The fraction of sp³-hybridized carbons (Fsp3) is 0. The van der Waals surface area contributed by atoms with Gasteiger partial charge in [-0.15, -0.1) is 0 Å². The molecule has 0 saturated heterocycles. The third kappa shape index (κ3) is 5.27. The van der Waals surface area contributed by atoms with Crippen molar-refractivity contribution in [3.63, 3.8) is 0 Å². The highest BCUT2D eigenvalue weighted by Gasteiger charge is 2.12. The fourth-order valence-electron chi connectivity index (χ4n) is 3.06. The Balaban J connectivity index is 1.74. The zero-order valence-corrected chi connectivity index (χ0v) is 20.2. The summed E-state index contributed by atoms with van der Waals surface area (Å²) in [5, 5.41) is 3.19. The van der Waals surface area contributed by atoms with Gasteiger partial charge in [0.05, 0.1) is 22.8 Å². The number of hydrogen-bond acceptors (Lipinski definition) is 5. The number of allylic oxidation sites excluding steroid dienone is 1. The normalized spacial score (nSPS) is 11.8. The van der Waals surface area contributed by atoms with Gasteiger partial charge in [-0.3, -0.25) is 9.59 Å². The number of aromatic nitrogens is 2. The zero-order valence-electron chi connectivity index (χ0n) is 17.1. The van der Waals surface area contributed by atoms with Crippen molar-refractivity contribution in [1.82, 2.24) is 15.0 Å². The number of hydrogen-bond donors (Lipinski definition) is 2. The zero-order chi connectivity index (χ0) is 23.4. The Hall–Kier alpha value is -3.56. The van der Waals surface area contributed by atoms with Gasteiger partial charge in [0.1, 0.15) is 0 Å². The van der Waals surface area contributed by atoms with Crippen molar-refractivity contribution in [2.75, 3.05) is 5.84 Å². The monoisotopic (exact) mass is 565 g/mol. The molecule has 164 valence electrons. The molecular formula is C24H17Br2N5O2. The molecule has 0 saturated carbocycles. The van der Waals surface area contributed by atoms with Crippen LogP contribution in [-0.2, 0) is 0 Å². The summed E-state index contributed by atoms with van der Waals surface area (Å²) in [6, 6.07) is 21.7. The maximum atomic E-state index is 12.8. The predicted octanol–water partition coefficient (Wildman–Crippen LogP) is 4.81. The number of nitrogens with zero attached hydrogens (tertiary/aromatic N) is 3. The number of rotatable bonds is 5. The molecule has 0 aliphatic rings. The molecule has 0 fully saturated rings. The predicted molar refractivity (Wildman–Crippen MR) is 138 cm³/mol. The molecule has 1 heterocycles. The lowest BCUT2D eigenvalue weighted by molar-refractivity contribution is 0.0968. The molecule has 9 heteroatoms. The third-order valence-corrected chi connectivity index (χ3v) is 5.70. The molecular weight excluding hydrogens is 550 g/mol. The van der Waals surface area contributed by atoms with Crippen LogP contribution in [-0.4, -0.2) is 21.8 Å². The van der Waals surface area contributed by atoms with E-state index in [1.807, 2.05) is 36.4 Å². The van der Waals surface area contributed by atoms with Gasteiger partial charge < -0.3 is 11.2 Å². The number of nitrogens with two attached hydrogens (primary N) is 1. The van der Waals surface area contributed by atoms with Gasteiger partial charge in [0, 0.05) is 14.5 Å². The second-order valence-corrected chi connectivity index (χ2v) is 8.73. The van der Waals surface area contributed by atoms with Gasteiger partial charge in [-0.25, -0.2) is 9.98 Å². The Morgan fingerprint density at radius 2 is 1.70 bits per heavy atom. The van der Waals surface area contributed by atoms with E-state index in [1.165, 1.54) is 6.21 Å². The van der Waals surface area contributed by atoms with Crippen LogP contribution in [0.25, 0.3) is 17.0 Å². The van der Waals surface area contributed by atoms with E-state index in [1.54, 1.807) is 42.5 Å². The molecule has 7 nitrogen and oxygen atoms in total. The average molecular weight is 567 g/mol. The Labute approximate surface area is 205 Å². The van der Waals surface area contributed by atoms with Crippen molar-refractivity contribution in [2.24, 2.45) is 4.99 Å². The summed E-state index contributed by atoms with van der Waals surface area (Å²) in [6.45, 7) is 0. The Bertz CT molecular complexity index is 1450. The van der Waals surface area contributed by atoms with Gasteiger partial charge >= 0.3 is 0 Å². The maximum absolute atomic E-state index is 12.8. The minimum absolute atomic E-state index is 0.0107. The van der Waals surface area contributed by atoms with Crippen LogP contribution < -0.4 is 16.7 Å². The van der Waals surface area contributed by atoms with Crippen molar-refractivity contribution >= 4 is 66.9 Å². The molecule has 1 aromatic heterocycles. The van der Waals surface area contributed by atoms with Crippen LogP contribution in [0.3, 0.4) is 0 Å². The fourth-order valence-corrected chi connectivity index (χ4v) is 4.38. The highest BCUT2D eigenvalue weighted by atomic mass is 79.9. The number of nitrogens with one attached hydrogen (secondary N) is 1. The topological polar surface area (TPSA) is 102 Å². The first-order valence-corrected chi connectivity index (χ1v) is 11.3. The molecule has 0 spiro atoms. The van der Waals surface area contributed by atoms with E-state index in [4.69, 9.17) is 5.84 Å². The van der Waals surface area contributed by atoms with E-state index < -0.39 is 5.56 Å². The minimum Gasteiger partial charge on any atom is -0.333 e. The van der Waals surface area contributed by atoms with Gasteiger partial charge in [-0.2, -0.15) is 4.68 Å². The first kappa shape index (κ1) is 22.6. The van der Waals surface area contributed by atoms with Crippen LogP contribution in [0.5, 0.6) is 0 Å². The number of fused-ring (bicyclic) bond motifs is 1. The van der Waals surface area contributed by atoms with E-state index in [-0.39, 0.29) is 11.9 Å². The molecule has 3 aromatic carbocycles. The Kier molecular flexibility index (Phi) is 6.81. The largest absolute Gasteiger partial charge is 0.333 e. The van der Waals surface area contributed by atoms with Crippen molar-refractivity contribution in [3.05, 3.63) is 109 Å². The van der Waals surface area contributed by atoms with Crippen molar-refractivity contribution in [1.29, 1.82) is 0 Å². The molecule has 0 unspecified atom stereocenters. The van der Waals surface area contributed by atoms with Crippen LogP contribution in [0, 0.1) is 0 Å². The molecule has 0 aliphatic heterocycles. The van der Waals surface area contributed by atoms with Crippen molar-refractivity contribution < 1.29 is 4.79 Å². The summed E-state index contributed by atoms with van der Waals surface area (Å²) < 4.78 is 2.21. The molecule has 4 rings (SSSR count). The Morgan fingerprint density at radius 1 is 1.03 bits per heavy atom. The highest BCUT2D eigenvalue weighted by Crippen LogP contribution is 2.26. The molecule has 0 bridgehead atoms. The second-order valence-electron chi connectivity index (χ2n) is 6.96. The van der Waals surface area contributed by atoms with Gasteiger partial charge in [-0.1, -0.05) is 64.5 Å². The summed E-state index contributed by atoms with van der Waals surface area (Å²) in [4.78, 5) is 34.2. The lowest BCUT2D eigenvalue weighted by Crippen LogP contribution is -2.28.